The molecule has 0 unspecified atom stereocenters. The molecule has 0 aromatic heterocycles. The third-order valence-electron chi connectivity index (χ3n) is 1.26. The van der Waals surface area contributed by atoms with E-state index in [1.807, 2.05) is 21.1 Å². The first-order valence-electron chi connectivity index (χ1n) is 3.62. The molecule has 0 aliphatic heterocycles. The summed E-state index contributed by atoms with van der Waals surface area (Å²) in [6, 6.07) is 0. The first-order valence-corrected chi connectivity index (χ1v) is 5.15. The summed E-state index contributed by atoms with van der Waals surface area (Å²) in [6.45, 7) is 0.977. The zero-order valence-corrected chi connectivity index (χ0v) is 8.91. The van der Waals surface area contributed by atoms with Crippen molar-refractivity contribution >= 4 is 8.17 Å². The van der Waals surface area contributed by atoms with E-state index in [0.717, 1.165) is 0 Å². The molecule has 0 radical (unpaired) electrons. The Labute approximate surface area is 73.8 Å². The summed E-state index contributed by atoms with van der Waals surface area (Å²) in [5.74, 6) is 0. The predicted octanol–water partition coefficient (Wildman–Crippen LogP) is 0.0178. The van der Waals surface area contributed by atoms with Crippen LogP contribution in [0.2, 0.25) is 0 Å². The number of rotatable bonds is 5. The van der Waals surface area contributed by atoms with Gasteiger partial charge in [0.15, 0.2) is 0 Å². The molecule has 0 amide bonds. The van der Waals surface area contributed by atoms with Crippen LogP contribution >= 0.6 is 8.17 Å². The van der Waals surface area contributed by atoms with Gasteiger partial charge < -0.3 is 4.48 Å². The topological polar surface area (TPSA) is 58.9 Å². The maximum Gasteiger partial charge on any atom is 0.569 e. The van der Waals surface area contributed by atoms with E-state index in [1.165, 1.54) is 7.11 Å². The SMILES string of the molecule is CO[P+](O)(O)OCC[N+](C)(C)C. The fourth-order valence-corrected chi connectivity index (χ4v) is 0.911. The Bertz CT molecular complexity index is 134. The molecule has 74 valence electrons. The van der Waals surface area contributed by atoms with E-state index in [9.17, 15) is 0 Å². The quantitative estimate of drug-likeness (QED) is 0.484. The highest BCUT2D eigenvalue weighted by atomic mass is 31.2. The van der Waals surface area contributed by atoms with Crippen molar-refractivity contribution in [1.82, 2.24) is 0 Å². The molecule has 0 spiro atoms. The summed E-state index contributed by atoms with van der Waals surface area (Å²) < 4.78 is 9.80. The van der Waals surface area contributed by atoms with E-state index in [4.69, 9.17) is 14.3 Å². The monoisotopic (exact) mass is 199 g/mol. The number of hydrogen-bond donors (Lipinski definition) is 2. The number of hydrogen-bond acceptors (Lipinski definition) is 4. The molecule has 0 aliphatic rings. The van der Waals surface area contributed by atoms with Gasteiger partial charge in [0.05, 0.1) is 28.3 Å². The fourth-order valence-electron chi connectivity index (χ4n) is 0.486. The first kappa shape index (κ1) is 12.2. The van der Waals surface area contributed by atoms with Crippen molar-refractivity contribution in [2.75, 3.05) is 41.4 Å². The minimum absolute atomic E-state index is 0.276. The highest BCUT2D eigenvalue weighted by Crippen LogP contribution is 2.51. The third kappa shape index (κ3) is 6.91. The van der Waals surface area contributed by atoms with Crippen LogP contribution in [0.25, 0.3) is 0 Å². The Morgan fingerprint density at radius 2 is 1.75 bits per heavy atom. The third-order valence-corrected chi connectivity index (χ3v) is 2.25. The lowest BCUT2D eigenvalue weighted by atomic mass is 10.5. The van der Waals surface area contributed by atoms with E-state index >= 15 is 0 Å². The van der Waals surface area contributed by atoms with Crippen molar-refractivity contribution in [2.45, 2.75) is 0 Å². The van der Waals surface area contributed by atoms with Gasteiger partial charge in [0.25, 0.3) is 0 Å². The maximum atomic E-state index is 8.94. The minimum Gasteiger partial charge on any atom is -0.329 e. The lowest BCUT2D eigenvalue weighted by molar-refractivity contribution is -0.870. The van der Waals surface area contributed by atoms with Crippen LogP contribution in [0.3, 0.4) is 0 Å². The van der Waals surface area contributed by atoms with Crippen LogP contribution in [-0.4, -0.2) is 55.7 Å². The fraction of sp³-hybridized carbons (Fsp3) is 1.00. The molecular formula is C6H18NO4P+2. The molecule has 12 heavy (non-hydrogen) atoms. The lowest BCUT2D eigenvalue weighted by Gasteiger charge is -2.22. The smallest absolute Gasteiger partial charge is 0.329 e. The Morgan fingerprint density at radius 1 is 1.25 bits per heavy atom. The molecule has 2 N–H and O–H groups in total. The Balaban J connectivity index is 3.57. The highest BCUT2D eigenvalue weighted by molar-refractivity contribution is 7.54. The van der Waals surface area contributed by atoms with Gasteiger partial charge in [0.2, 0.25) is 0 Å². The van der Waals surface area contributed by atoms with Gasteiger partial charge in [-0.2, -0.15) is 14.3 Å². The minimum atomic E-state index is -3.52. The van der Waals surface area contributed by atoms with E-state index in [2.05, 4.69) is 4.52 Å². The molecule has 0 aliphatic carbocycles. The van der Waals surface area contributed by atoms with Crippen molar-refractivity contribution in [2.24, 2.45) is 0 Å². The lowest BCUT2D eigenvalue weighted by Crippen LogP contribution is -2.37. The molecule has 0 heterocycles. The summed E-state index contributed by atoms with van der Waals surface area (Å²) in [4.78, 5) is 17.9. The van der Waals surface area contributed by atoms with E-state index in [1.54, 1.807) is 0 Å². The van der Waals surface area contributed by atoms with Gasteiger partial charge in [-0.15, -0.1) is 4.52 Å². The van der Waals surface area contributed by atoms with Gasteiger partial charge in [0, 0.05) is 0 Å². The molecule has 0 aromatic rings. The van der Waals surface area contributed by atoms with Gasteiger partial charge in [-0.05, 0) is 0 Å². The standard InChI is InChI=1S/C6H18NO4P/c1-7(2,3)5-6-11-12(8,9)10-4/h8-9H,5-6H2,1-4H3/q+2. The van der Waals surface area contributed by atoms with Crippen molar-refractivity contribution in [3.8, 4) is 0 Å². The molecule has 0 fully saturated rings. The van der Waals surface area contributed by atoms with Crippen LogP contribution < -0.4 is 0 Å². The summed E-state index contributed by atoms with van der Waals surface area (Å²) in [7, 11) is 3.66. The molecule has 0 rings (SSSR count). The van der Waals surface area contributed by atoms with E-state index < -0.39 is 8.17 Å². The van der Waals surface area contributed by atoms with Crippen LogP contribution in [0.1, 0.15) is 0 Å². The zero-order chi connectivity index (χ0) is 9.83. The summed E-state index contributed by atoms with van der Waals surface area (Å²) in [5, 5.41) is 0. The average Bonchev–Trinajstić information content (AvgIpc) is 1.84. The molecule has 0 saturated heterocycles. The summed E-state index contributed by atoms with van der Waals surface area (Å²) in [5.41, 5.74) is 0. The van der Waals surface area contributed by atoms with Crippen molar-refractivity contribution in [1.29, 1.82) is 0 Å². The Hall–Kier alpha value is 0.230. The second-order valence-electron chi connectivity index (χ2n) is 3.52. The normalized spacial score (nSPS) is 13.5. The zero-order valence-electron chi connectivity index (χ0n) is 8.02. The molecule has 0 aromatic carbocycles. The van der Waals surface area contributed by atoms with Gasteiger partial charge in [-0.3, -0.25) is 0 Å². The predicted molar refractivity (Wildman–Crippen MR) is 47.2 cm³/mol. The maximum absolute atomic E-state index is 8.94. The number of nitrogens with zero attached hydrogens (tertiary/aromatic N) is 1. The van der Waals surface area contributed by atoms with Crippen molar-refractivity contribution in [3.63, 3.8) is 0 Å². The molecular weight excluding hydrogens is 181 g/mol. The van der Waals surface area contributed by atoms with Gasteiger partial charge >= 0.3 is 8.17 Å². The van der Waals surface area contributed by atoms with Crippen LogP contribution in [0.15, 0.2) is 0 Å². The molecule has 6 heteroatoms. The first-order chi connectivity index (χ1) is 5.27. The van der Waals surface area contributed by atoms with Crippen molar-refractivity contribution in [3.05, 3.63) is 0 Å². The largest absolute Gasteiger partial charge is 0.569 e. The van der Waals surface area contributed by atoms with E-state index in [-0.39, 0.29) is 6.61 Å². The highest BCUT2D eigenvalue weighted by Gasteiger charge is 2.37. The van der Waals surface area contributed by atoms with Crippen LogP contribution in [-0.2, 0) is 9.05 Å². The van der Waals surface area contributed by atoms with Crippen LogP contribution in [0.5, 0.6) is 0 Å². The molecule has 0 atom stereocenters. The Kier molecular flexibility index (Phi) is 4.55. The summed E-state index contributed by atoms with van der Waals surface area (Å²) in [6.07, 6.45) is 0. The van der Waals surface area contributed by atoms with Crippen LogP contribution in [0.4, 0.5) is 0 Å². The summed E-state index contributed by atoms with van der Waals surface area (Å²) >= 11 is 0. The molecule has 5 nitrogen and oxygen atoms in total. The van der Waals surface area contributed by atoms with Crippen LogP contribution in [0, 0.1) is 0 Å². The second-order valence-corrected chi connectivity index (χ2v) is 5.12. The van der Waals surface area contributed by atoms with Gasteiger partial charge in [0.1, 0.15) is 13.2 Å². The number of likely N-dealkylation sites (N-methyl/N-ethyl adjacent to an activating group) is 1. The number of quaternary nitrogens is 1. The molecule has 0 saturated carbocycles. The van der Waals surface area contributed by atoms with Crippen molar-refractivity contribution < 1.29 is 23.3 Å². The van der Waals surface area contributed by atoms with Gasteiger partial charge in [-0.1, -0.05) is 0 Å². The molecule has 0 bridgehead atoms. The second kappa shape index (κ2) is 4.46. The Morgan fingerprint density at radius 3 is 2.08 bits per heavy atom. The van der Waals surface area contributed by atoms with E-state index in [0.29, 0.717) is 11.0 Å². The van der Waals surface area contributed by atoms with Gasteiger partial charge in [-0.25, -0.2) is 0 Å². The average molecular weight is 199 g/mol.